The molecule has 27 heavy (non-hydrogen) atoms. The van der Waals surface area contributed by atoms with Gasteiger partial charge in [0.15, 0.2) is 5.78 Å². The molecule has 2 aromatic carbocycles. The van der Waals surface area contributed by atoms with E-state index in [4.69, 9.17) is 4.74 Å². The van der Waals surface area contributed by atoms with Gasteiger partial charge in [-0.25, -0.2) is 0 Å². The molecule has 6 heteroatoms. The van der Waals surface area contributed by atoms with Crippen LogP contribution < -0.4 is 15.4 Å². The minimum absolute atomic E-state index is 0. The molecule has 144 valence electrons. The molecule has 0 atom stereocenters. The Morgan fingerprint density at radius 3 is 2.52 bits per heavy atom. The molecule has 0 saturated heterocycles. The Morgan fingerprint density at radius 1 is 1.04 bits per heavy atom. The summed E-state index contributed by atoms with van der Waals surface area (Å²) < 4.78 is 5.36. The van der Waals surface area contributed by atoms with Gasteiger partial charge >= 0.3 is 0 Å². The second-order valence-corrected chi connectivity index (χ2v) is 6.36. The molecule has 1 amide bonds. The summed E-state index contributed by atoms with van der Waals surface area (Å²) in [5.41, 5.74) is 4.30. The summed E-state index contributed by atoms with van der Waals surface area (Å²) in [6, 6.07) is 13.3. The molecule has 0 aliphatic carbocycles. The van der Waals surface area contributed by atoms with E-state index in [1.165, 1.54) is 11.1 Å². The fraction of sp³-hybridized carbons (Fsp3) is 0.333. The molecular formula is C21H25ClN2O3. The molecule has 0 saturated carbocycles. The zero-order valence-corrected chi connectivity index (χ0v) is 16.2. The average Bonchev–Trinajstić information content (AvgIpc) is 3.13. The van der Waals surface area contributed by atoms with Crippen LogP contribution in [-0.2, 0) is 24.4 Å². The normalized spacial score (nSPS) is 12.0. The van der Waals surface area contributed by atoms with Gasteiger partial charge in [0.25, 0.3) is 0 Å². The van der Waals surface area contributed by atoms with Gasteiger partial charge in [-0.15, -0.1) is 12.4 Å². The SMILES string of the molecule is CCOc1ccc(C(=O)CCC(=O)NCc2ccc3c(c2)CNC3)cc1.Cl. The number of fused-ring (bicyclic) bond motifs is 1. The molecule has 0 radical (unpaired) electrons. The number of benzene rings is 2. The molecule has 2 aromatic rings. The van der Waals surface area contributed by atoms with Crippen molar-refractivity contribution in [2.24, 2.45) is 0 Å². The van der Waals surface area contributed by atoms with Gasteiger partial charge < -0.3 is 15.4 Å². The van der Waals surface area contributed by atoms with Crippen LogP contribution in [0.15, 0.2) is 42.5 Å². The number of carbonyl (C=O) groups is 2. The number of ether oxygens (including phenoxy) is 1. The van der Waals surface area contributed by atoms with Crippen LogP contribution in [-0.4, -0.2) is 18.3 Å². The van der Waals surface area contributed by atoms with Gasteiger partial charge in [-0.05, 0) is 47.9 Å². The molecule has 0 aromatic heterocycles. The molecule has 3 rings (SSSR count). The van der Waals surface area contributed by atoms with Gasteiger partial charge in [0, 0.05) is 38.0 Å². The molecule has 0 spiro atoms. The topological polar surface area (TPSA) is 67.4 Å². The third-order valence-corrected chi connectivity index (χ3v) is 4.46. The molecule has 1 heterocycles. The highest BCUT2D eigenvalue weighted by atomic mass is 35.5. The van der Waals surface area contributed by atoms with Crippen molar-refractivity contribution in [1.82, 2.24) is 10.6 Å². The second-order valence-electron chi connectivity index (χ2n) is 6.36. The summed E-state index contributed by atoms with van der Waals surface area (Å²) in [5, 5.41) is 6.20. The van der Waals surface area contributed by atoms with Crippen LogP contribution >= 0.6 is 12.4 Å². The standard InChI is InChI=1S/C21H24N2O3.ClH/c1-2-26-19-7-5-16(6-8-19)20(24)9-10-21(25)23-12-15-3-4-17-13-22-14-18(17)11-15;/h3-8,11,22H,2,9-10,12-14H2,1H3,(H,23,25);1H. The third-order valence-electron chi connectivity index (χ3n) is 4.46. The maximum Gasteiger partial charge on any atom is 0.220 e. The summed E-state index contributed by atoms with van der Waals surface area (Å²) in [5.74, 6) is 0.598. The smallest absolute Gasteiger partial charge is 0.220 e. The Balaban J connectivity index is 0.00000261. The molecule has 5 nitrogen and oxygen atoms in total. The Labute approximate surface area is 165 Å². The second kappa shape index (κ2) is 10.1. The first-order valence-corrected chi connectivity index (χ1v) is 9.00. The van der Waals surface area contributed by atoms with E-state index in [1.54, 1.807) is 24.3 Å². The van der Waals surface area contributed by atoms with Crippen LogP contribution in [0.3, 0.4) is 0 Å². The van der Waals surface area contributed by atoms with E-state index in [-0.39, 0.29) is 36.9 Å². The third kappa shape index (κ3) is 5.81. The molecule has 2 N–H and O–H groups in total. The number of amides is 1. The fourth-order valence-electron chi connectivity index (χ4n) is 3.02. The fourth-order valence-corrected chi connectivity index (χ4v) is 3.02. The van der Waals surface area contributed by atoms with E-state index in [2.05, 4.69) is 22.8 Å². The number of rotatable bonds is 8. The number of hydrogen-bond acceptors (Lipinski definition) is 4. The Bertz CT molecular complexity index is 791. The number of nitrogens with one attached hydrogen (secondary N) is 2. The number of carbonyl (C=O) groups excluding carboxylic acids is 2. The molecule has 0 unspecified atom stereocenters. The molecule has 0 bridgehead atoms. The molecule has 1 aliphatic rings. The highest BCUT2D eigenvalue weighted by Crippen LogP contribution is 2.17. The van der Waals surface area contributed by atoms with Crippen molar-refractivity contribution < 1.29 is 14.3 Å². The van der Waals surface area contributed by atoms with Crippen molar-refractivity contribution in [2.75, 3.05) is 6.61 Å². The van der Waals surface area contributed by atoms with Crippen molar-refractivity contribution in [3.8, 4) is 5.75 Å². The Morgan fingerprint density at radius 2 is 1.78 bits per heavy atom. The minimum atomic E-state index is -0.108. The summed E-state index contributed by atoms with van der Waals surface area (Å²) >= 11 is 0. The number of halogens is 1. The summed E-state index contributed by atoms with van der Waals surface area (Å²) in [7, 11) is 0. The van der Waals surface area contributed by atoms with Gasteiger partial charge in [-0.3, -0.25) is 9.59 Å². The lowest BCUT2D eigenvalue weighted by Gasteiger charge is -2.07. The van der Waals surface area contributed by atoms with Gasteiger partial charge in [0.2, 0.25) is 5.91 Å². The lowest BCUT2D eigenvalue weighted by molar-refractivity contribution is -0.121. The largest absolute Gasteiger partial charge is 0.494 e. The van der Waals surface area contributed by atoms with Gasteiger partial charge in [-0.2, -0.15) is 0 Å². The highest BCUT2D eigenvalue weighted by molar-refractivity contribution is 5.98. The van der Waals surface area contributed by atoms with Crippen molar-refractivity contribution in [3.05, 3.63) is 64.7 Å². The maximum atomic E-state index is 12.2. The van der Waals surface area contributed by atoms with E-state index in [9.17, 15) is 9.59 Å². The molecular weight excluding hydrogens is 364 g/mol. The average molecular weight is 389 g/mol. The summed E-state index contributed by atoms with van der Waals surface area (Å²) in [4.78, 5) is 24.2. The Hall–Kier alpha value is -2.37. The molecule has 1 aliphatic heterocycles. The van der Waals surface area contributed by atoms with Crippen LogP contribution in [0.25, 0.3) is 0 Å². The van der Waals surface area contributed by atoms with Gasteiger partial charge in [0.05, 0.1) is 6.61 Å². The minimum Gasteiger partial charge on any atom is -0.494 e. The van der Waals surface area contributed by atoms with Crippen molar-refractivity contribution >= 4 is 24.1 Å². The highest BCUT2D eigenvalue weighted by Gasteiger charge is 2.12. The zero-order valence-electron chi connectivity index (χ0n) is 15.4. The quantitative estimate of drug-likeness (QED) is 0.680. The van der Waals surface area contributed by atoms with Crippen LogP contribution in [0.2, 0.25) is 0 Å². The predicted octanol–water partition coefficient (Wildman–Crippen LogP) is 3.39. The van der Waals surface area contributed by atoms with Crippen molar-refractivity contribution in [3.63, 3.8) is 0 Å². The maximum absolute atomic E-state index is 12.2. The first-order valence-electron chi connectivity index (χ1n) is 9.00. The number of ketones is 1. The molecule has 0 fully saturated rings. The van der Waals surface area contributed by atoms with E-state index in [0.717, 1.165) is 24.4 Å². The monoisotopic (exact) mass is 388 g/mol. The van der Waals surface area contributed by atoms with Crippen LogP contribution in [0.4, 0.5) is 0 Å². The van der Waals surface area contributed by atoms with Crippen molar-refractivity contribution in [2.45, 2.75) is 39.4 Å². The lowest BCUT2D eigenvalue weighted by atomic mass is 10.1. The van der Waals surface area contributed by atoms with E-state index >= 15 is 0 Å². The van der Waals surface area contributed by atoms with E-state index in [1.807, 2.05) is 13.0 Å². The zero-order chi connectivity index (χ0) is 18.4. The first-order chi connectivity index (χ1) is 12.7. The summed E-state index contributed by atoms with van der Waals surface area (Å²) in [6.45, 7) is 4.79. The van der Waals surface area contributed by atoms with Gasteiger partial charge in [-0.1, -0.05) is 18.2 Å². The van der Waals surface area contributed by atoms with Crippen LogP contribution in [0.1, 0.15) is 46.8 Å². The predicted molar refractivity (Wildman–Crippen MR) is 107 cm³/mol. The summed E-state index contributed by atoms with van der Waals surface area (Å²) in [6.07, 6.45) is 0.395. The Kier molecular flexibility index (Phi) is 7.82. The van der Waals surface area contributed by atoms with Crippen LogP contribution in [0, 0.1) is 0 Å². The number of hydrogen-bond donors (Lipinski definition) is 2. The first kappa shape index (κ1) is 20.9. The van der Waals surface area contributed by atoms with E-state index < -0.39 is 0 Å². The van der Waals surface area contributed by atoms with Crippen molar-refractivity contribution in [1.29, 1.82) is 0 Å². The van der Waals surface area contributed by atoms with Crippen LogP contribution in [0.5, 0.6) is 5.75 Å². The number of Topliss-reactive ketones (excluding diaryl/α,β-unsaturated/α-hetero) is 1. The van der Waals surface area contributed by atoms with Gasteiger partial charge in [0.1, 0.15) is 5.75 Å². The van der Waals surface area contributed by atoms with E-state index in [0.29, 0.717) is 18.7 Å². The lowest BCUT2D eigenvalue weighted by Crippen LogP contribution is -2.23.